The monoisotopic (exact) mass is 414 g/mol. The maximum Gasteiger partial charge on any atom is 0.331 e. The van der Waals surface area contributed by atoms with Gasteiger partial charge in [-0.05, 0) is 47.9 Å². The van der Waals surface area contributed by atoms with Crippen LogP contribution >= 0.6 is 0 Å². The summed E-state index contributed by atoms with van der Waals surface area (Å²) in [5.41, 5.74) is 3.15. The van der Waals surface area contributed by atoms with E-state index in [2.05, 4.69) is 17.2 Å². The standard InChI is InChI=1S/C25H26N4O2/c1-17-9-7-8-16-25(2)21-11-6-5-10-20(21)22(17)26-23(30)29(24(31)27-25)19-14-12-18(13-15-19)28(3)4/h5-16,22H,1H2,2-4H3,(H,26,30)(H,27,31)/b9-7-,16-8-. The van der Waals surface area contributed by atoms with Gasteiger partial charge < -0.3 is 15.5 Å². The van der Waals surface area contributed by atoms with Gasteiger partial charge in [-0.15, -0.1) is 0 Å². The number of allylic oxidation sites excluding steroid dienone is 2. The fraction of sp³-hybridized carbons (Fsp3) is 0.200. The number of benzene rings is 2. The highest BCUT2D eigenvalue weighted by Gasteiger charge is 2.38. The second-order valence-electron chi connectivity index (χ2n) is 8.14. The van der Waals surface area contributed by atoms with E-state index in [9.17, 15) is 9.59 Å². The molecule has 2 aromatic carbocycles. The van der Waals surface area contributed by atoms with Crippen molar-refractivity contribution >= 4 is 23.4 Å². The van der Waals surface area contributed by atoms with Crippen molar-refractivity contribution < 1.29 is 9.59 Å². The molecule has 2 aliphatic rings. The van der Waals surface area contributed by atoms with Gasteiger partial charge in [0.25, 0.3) is 0 Å². The highest BCUT2D eigenvalue weighted by Crippen LogP contribution is 2.36. The van der Waals surface area contributed by atoms with Gasteiger partial charge in [0.2, 0.25) is 0 Å². The minimum atomic E-state index is -0.824. The summed E-state index contributed by atoms with van der Waals surface area (Å²) in [5.74, 6) is 0. The van der Waals surface area contributed by atoms with Gasteiger partial charge in [0.05, 0.1) is 17.3 Å². The van der Waals surface area contributed by atoms with Crippen molar-refractivity contribution in [3.63, 3.8) is 0 Å². The van der Waals surface area contributed by atoms with Gasteiger partial charge in [0, 0.05) is 19.8 Å². The number of imide groups is 1. The SMILES string of the molecule is C=C1/C=C\C=C/C2(C)NC(=O)N(c3ccc(N(C)C)cc3)C(=O)NC1c1ccccc12. The molecule has 0 saturated heterocycles. The normalized spacial score (nSPS) is 24.9. The molecule has 0 spiro atoms. The van der Waals surface area contributed by atoms with Gasteiger partial charge >= 0.3 is 12.1 Å². The van der Waals surface area contributed by atoms with E-state index < -0.39 is 23.6 Å². The van der Waals surface area contributed by atoms with E-state index in [0.29, 0.717) is 5.69 Å². The first-order chi connectivity index (χ1) is 14.8. The van der Waals surface area contributed by atoms with E-state index in [-0.39, 0.29) is 0 Å². The third-order valence-corrected chi connectivity index (χ3v) is 5.72. The van der Waals surface area contributed by atoms with Gasteiger partial charge in [-0.1, -0.05) is 55.1 Å². The molecule has 158 valence electrons. The van der Waals surface area contributed by atoms with Crippen LogP contribution in [0, 0.1) is 0 Å². The second-order valence-corrected chi connectivity index (χ2v) is 8.14. The van der Waals surface area contributed by atoms with Gasteiger partial charge in [0.1, 0.15) is 0 Å². The molecule has 4 amide bonds. The lowest BCUT2D eigenvalue weighted by atomic mass is 9.84. The highest BCUT2D eigenvalue weighted by atomic mass is 16.2. The minimum absolute atomic E-state index is 0.476. The number of hydrogen-bond donors (Lipinski definition) is 2. The number of nitrogens with zero attached hydrogens (tertiary/aromatic N) is 2. The number of nitrogens with one attached hydrogen (secondary N) is 2. The number of rotatable bonds is 2. The summed E-state index contributed by atoms with van der Waals surface area (Å²) in [6.45, 7) is 6.11. The van der Waals surface area contributed by atoms with Crippen molar-refractivity contribution in [2.24, 2.45) is 0 Å². The van der Waals surface area contributed by atoms with Gasteiger partial charge in [-0.2, -0.15) is 0 Å². The largest absolute Gasteiger partial charge is 0.378 e. The van der Waals surface area contributed by atoms with E-state index in [0.717, 1.165) is 27.3 Å². The van der Waals surface area contributed by atoms with E-state index >= 15 is 0 Å². The number of hydrogen-bond acceptors (Lipinski definition) is 3. The Hall–Kier alpha value is -3.80. The molecule has 0 fully saturated rings. The third kappa shape index (κ3) is 3.72. The van der Waals surface area contributed by atoms with Crippen LogP contribution in [0.4, 0.5) is 21.0 Å². The summed E-state index contributed by atoms with van der Waals surface area (Å²) in [6.07, 6.45) is 7.57. The summed E-state index contributed by atoms with van der Waals surface area (Å²) < 4.78 is 0. The Morgan fingerprint density at radius 2 is 1.71 bits per heavy atom. The summed E-state index contributed by atoms with van der Waals surface area (Å²) in [7, 11) is 3.87. The maximum atomic E-state index is 13.4. The molecule has 2 bridgehead atoms. The summed E-state index contributed by atoms with van der Waals surface area (Å²) in [5, 5.41) is 6.09. The Balaban J connectivity index is 1.87. The van der Waals surface area contributed by atoms with Crippen LogP contribution in [-0.4, -0.2) is 26.2 Å². The molecular weight excluding hydrogens is 388 g/mol. The molecule has 6 nitrogen and oxygen atoms in total. The van der Waals surface area contributed by atoms with E-state index in [1.807, 2.05) is 86.6 Å². The highest BCUT2D eigenvalue weighted by molar-refractivity contribution is 6.14. The fourth-order valence-electron chi connectivity index (χ4n) is 4.01. The van der Waals surface area contributed by atoms with Crippen molar-refractivity contribution in [3.05, 3.63) is 96.1 Å². The van der Waals surface area contributed by atoms with Crippen molar-refractivity contribution in [3.8, 4) is 0 Å². The lowest BCUT2D eigenvalue weighted by molar-refractivity contribution is 0.230. The maximum absolute atomic E-state index is 13.4. The number of amides is 4. The van der Waals surface area contributed by atoms with E-state index in [1.54, 1.807) is 12.1 Å². The lowest BCUT2D eigenvalue weighted by Crippen LogP contribution is -2.52. The molecule has 2 N–H and O–H groups in total. The van der Waals surface area contributed by atoms with Gasteiger partial charge in [-0.3, -0.25) is 0 Å². The predicted molar refractivity (Wildman–Crippen MR) is 124 cm³/mol. The Morgan fingerprint density at radius 3 is 2.42 bits per heavy atom. The molecule has 0 radical (unpaired) electrons. The molecule has 6 heteroatoms. The predicted octanol–water partition coefficient (Wildman–Crippen LogP) is 4.63. The average molecular weight is 415 g/mol. The van der Waals surface area contributed by atoms with E-state index in [4.69, 9.17) is 0 Å². The molecule has 0 aromatic heterocycles. The summed E-state index contributed by atoms with van der Waals surface area (Å²) in [4.78, 5) is 29.9. The fourth-order valence-corrected chi connectivity index (χ4v) is 4.01. The molecule has 4 rings (SSSR count). The first-order valence-electron chi connectivity index (χ1n) is 10.1. The molecule has 1 aliphatic heterocycles. The Morgan fingerprint density at radius 1 is 1.00 bits per heavy atom. The number of anilines is 2. The number of carbonyl (C=O) groups excluding carboxylic acids is 2. The average Bonchev–Trinajstić information content (AvgIpc) is 2.81. The van der Waals surface area contributed by atoms with Crippen molar-refractivity contribution in [2.45, 2.75) is 18.5 Å². The molecular formula is C25H26N4O2. The van der Waals surface area contributed by atoms with Crippen LogP contribution in [0.2, 0.25) is 0 Å². The quantitative estimate of drug-likeness (QED) is 0.753. The van der Waals surface area contributed by atoms with E-state index in [1.165, 1.54) is 0 Å². The smallest absolute Gasteiger partial charge is 0.331 e. The Kier molecular flexibility index (Phi) is 5.15. The molecule has 0 saturated carbocycles. The van der Waals surface area contributed by atoms with Crippen molar-refractivity contribution in [1.29, 1.82) is 0 Å². The van der Waals surface area contributed by atoms with Crippen LogP contribution < -0.4 is 20.4 Å². The minimum Gasteiger partial charge on any atom is -0.378 e. The Bertz CT molecular complexity index is 1100. The summed E-state index contributed by atoms with van der Waals surface area (Å²) in [6, 6.07) is 13.6. The molecule has 2 aromatic rings. The van der Waals surface area contributed by atoms with Crippen molar-refractivity contribution in [1.82, 2.24) is 10.6 Å². The van der Waals surface area contributed by atoms with Gasteiger partial charge in [-0.25, -0.2) is 14.5 Å². The third-order valence-electron chi connectivity index (χ3n) is 5.72. The van der Waals surface area contributed by atoms with Crippen LogP contribution in [-0.2, 0) is 5.54 Å². The molecule has 1 aliphatic carbocycles. The number of urea groups is 2. The van der Waals surface area contributed by atoms with Crippen LogP contribution in [0.3, 0.4) is 0 Å². The first kappa shape index (κ1) is 20.5. The zero-order valence-corrected chi connectivity index (χ0v) is 17.9. The topological polar surface area (TPSA) is 64.7 Å². The number of carbonyl (C=O) groups is 2. The Labute approximate surface area is 182 Å². The zero-order chi connectivity index (χ0) is 22.2. The van der Waals surface area contributed by atoms with Crippen LogP contribution in [0.25, 0.3) is 0 Å². The zero-order valence-electron chi connectivity index (χ0n) is 17.9. The summed E-state index contributed by atoms with van der Waals surface area (Å²) >= 11 is 0. The van der Waals surface area contributed by atoms with Gasteiger partial charge in [0.15, 0.2) is 0 Å². The van der Waals surface area contributed by atoms with Crippen LogP contribution in [0.5, 0.6) is 0 Å². The molecule has 1 heterocycles. The first-order valence-corrected chi connectivity index (χ1v) is 10.1. The molecule has 31 heavy (non-hydrogen) atoms. The second kappa shape index (κ2) is 7.80. The van der Waals surface area contributed by atoms with Crippen molar-refractivity contribution in [2.75, 3.05) is 23.9 Å². The molecule has 2 unspecified atom stereocenters. The lowest BCUT2D eigenvalue weighted by Gasteiger charge is -2.31. The van der Waals surface area contributed by atoms with Crippen LogP contribution in [0.1, 0.15) is 24.1 Å². The molecule has 2 atom stereocenters. The van der Waals surface area contributed by atoms with Crippen LogP contribution in [0.15, 0.2) is 85.0 Å².